The minimum atomic E-state index is -0.343. The number of unbranched alkanes of at least 4 members (excludes halogenated alkanes) is 1. The summed E-state index contributed by atoms with van der Waals surface area (Å²) in [5.74, 6) is 0.250. The number of carbonyl (C=O) groups excluding carboxylic acids is 2. The molecule has 2 aromatic carbocycles. The van der Waals surface area contributed by atoms with Crippen molar-refractivity contribution < 1.29 is 9.59 Å². The summed E-state index contributed by atoms with van der Waals surface area (Å²) in [5, 5.41) is 0. The predicted octanol–water partition coefficient (Wildman–Crippen LogP) is 3.98. The Balaban J connectivity index is 1.40. The second kappa shape index (κ2) is 9.25. The van der Waals surface area contributed by atoms with Crippen LogP contribution in [-0.2, 0) is 29.0 Å². The number of hydrogen-bond donors (Lipinski definition) is 0. The van der Waals surface area contributed by atoms with Crippen LogP contribution in [0.4, 0.5) is 0 Å². The van der Waals surface area contributed by atoms with E-state index in [0.717, 1.165) is 45.2 Å². The molecule has 0 spiro atoms. The van der Waals surface area contributed by atoms with Crippen molar-refractivity contribution in [2.45, 2.75) is 57.5 Å². The molecule has 0 saturated carbocycles. The highest BCUT2D eigenvalue weighted by Gasteiger charge is 2.37. The van der Waals surface area contributed by atoms with E-state index in [4.69, 9.17) is 0 Å². The maximum Gasteiger partial charge on any atom is 0.245 e. The van der Waals surface area contributed by atoms with Crippen LogP contribution in [-0.4, -0.2) is 40.7 Å². The Morgan fingerprint density at radius 3 is 2.31 bits per heavy atom. The average Bonchev–Trinajstić information content (AvgIpc) is 3.31. The van der Waals surface area contributed by atoms with Crippen LogP contribution in [0.3, 0.4) is 0 Å². The van der Waals surface area contributed by atoms with Crippen LogP contribution >= 0.6 is 0 Å². The van der Waals surface area contributed by atoms with Crippen molar-refractivity contribution in [1.82, 2.24) is 9.80 Å². The number of nitrogens with zero attached hydrogens (tertiary/aromatic N) is 2. The Morgan fingerprint density at radius 2 is 1.55 bits per heavy atom. The van der Waals surface area contributed by atoms with Gasteiger partial charge < -0.3 is 9.80 Å². The van der Waals surface area contributed by atoms with Gasteiger partial charge in [-0.05, 0) is 48.8 Å². The second-order valence-electron chi connectivity index (χ2n) is 8.24. The summed E-state index contributed by atoms with van der Waals surface area (Å²) >= 11 is 0. The molecule has 2 aromatic rings. The second-order valence-corrected chi connectivity index (χ2v) is 8.24. The number of aryl methyl sites for hydroxylation is 1. The SMILES string of the molecule is O=C(C1Cc2ccccc2CN1C(=O)CCCCc1ccccc1)N1CCCC1. The highest BCUT2D eigenvalue weighted by Crippen LogP contribution is 2.26. The summed E-state index contributed by atoms with van der Waals surface area (Å²) in [6.07, 6.45) is 6.14. The van der Waals surface area contributed by atoms with Crippen molar-refractivity contribution >= 4 is 11.8 Å². The molecule has 0 bridgehead atoms. The smallest absolute Gasteiger partial charge is 0.245 e. The number of amides is 2. The molecule has 29 heavy (non-hydrogen) atoms. The lowest BCUT2D eigenvalue weighted by molar-refractivity contribution is -0.146. The molecule has 4 rings (SSSR count). The van der Waals surface area contributed by atoms with Crippen molar-refractivity contribution in [1.29, 1.82) is 0 Å². The van der Waals surface area contributed by atoms with Gasteiger partial charge in [-0.3, -0.25) is 9.59 Å². The average molecular weight is 391 g/mol. The van der Waals surface area contributed by atoms with E-state index in [-0.39, 0.29) is 17.9 Å². The van der Waals surface area contributed by atoms with E-state index in [1.165, 1.54) is 16.7 Å². The Hall–Kier alpha value is -2.62. The van der Waals surface area contributed by atoms with Crippen LogP contribution in [0.2, 0.25) is 0 Å². The third kappa shape index (κ3) is 4.69. The summed E-state index contributed by atoms with van der Waals surface area (Å²) < 4.78 is 0. The minimum absolute atomic E-state index is 0.116. The van der Waals surface area contributed by atoms with Gasteiger partial charge in [-0.2, -0.15) is 0 Å². The molecule has 0 N–H and O–H groups in total. The third-order valence-electron chi connectivity index (χ3n) is 6.22. The lowest BCUT2D eigenvalue weighted by atomic mass is 9.92. The third-order valence-corrected chi connectivity index (χ3v) is 6.22. The number of benzene rings is 2. The molecule has 2 amide bonds. The molecule has 1 atom stereocenters. The molecule has 4 heteroatoms. The fraction of sp³-hybridized carbons (Fsp3) is 0.440. The van der Waals surface area contributed by atoms with E-state index in [1.807, 2.05) is 28.0 Å². The van der Waals surface area contributed by atoms with Gasteiger partial charge in [0.15, 0.2) is 0 Å². The van der Waals surface area contributed by atoms with Gasteiger partial charge in [0, 0.05) is 32.5 Å². The van der Waals surface area contributed by atoms with E-state index in [0.29, 0.717) is 19.4 Å². The van der Waals surface area contributed by atoms with Gasteiger partial charge in [0.05, 0.1) is 0 Å². The molecule has 2 aliphatic heterocycles. The Labute approximate surface area is 173 Å². The highest BCUT2D eigenvalue weighted by molar-refractivity contribution is 5.88. The van der Waals surface area contributed by atoms with Crippen molar-refractivity contribution in [2.75, 3.05) is 13.1 Å². The van der Waals surface area contributed by atoms with Gasteiger partial charge in [0.2, 0.25) is 11.8 Å². The topological polar surface area (TPSA) is 40.6 Å². The first-order chi connectivity index (χ1) is 14.2. The van der Waals surface area contributed by atoms with Crippen molar-refractivity contribution in [3.05, 3.63) is 71.3 Å². The number of likely N-dealkylation sites (tertiary alicyclic amines) is 1. The zero-order valence-corrected chi connectivity index (χ0v) is 17.1. The van der Waals surface area contributed by atoms with E-state index >= 15 is 0 Å². The maximum atomic E-state index is 13.2. The standard InChI is InChI=1S/C25H30N2O2/c28-24(15-7-4-12-20-10-2-1-3-11-20)27-19-22-14-6-5-13-21(22)18-23(27)25(29)26-16-8-9-17-26/h1-3,5-6,10-11,13-14,23H,4,7-9,12,15-19H2. The molecule has 4 nitrogen and oxygen atoms in total. The number of hydrogen-bond acceptors (Lipinski definition) is 2. The molecule has 0 aromatic heterocycles. The largest absolute Gasteiger partial charge is 0.341 e. The van der Waals surface area contributed by atoms with Crippen molar-refractivity contribution in [3.8, 4) is 0 Å². The van der Waals surface area contributed by atoms with Crippen LogP contribution in [0, 0.1) is 0 Å². The molecule has 0 radical (unpaired) electrons. The molecule has 1 fully saturated rings. The monoisotopic (exact) mass is 390 g/mol. The van der Waals surface area contributed by atoms with Gasteiger partial charge in [-0.15, -0.1) is 0 Å². The summed E-state index contributed by atoms with van der Waals surface area (Å²) in [5.41, 5.74) is 3.70. The van der Waals surface area contributed by atoms with Gasteiger partial charge in [-0.25, -0.2) is 0 Å². The number of rotatable bonds is 6. The quantitative estimate of drug-likeness (QED) is 0.700. The Bertz CT molecular complexity index is 843. The van der Waals surface area contributed by atoms with Crippen molar-refractivity contribution in [3.63, 3.8) is 0 Å². The first kappa shape index (κ1) is 19.7. The maximum absolute atomic E-state index is 13.2. The molecular weight excluding hydrogens is 360 g/mol. The molecule has 2 heterocycles. The summed E-state index contributed by atoms with van der Waals surface area (Å²) in [6, 6.07) is 18.3. The van der Waals surface area contributed by atoms with Gasteiger partial charge in [0.25, 0.3) is 0 Å². The van der Waals surface area contributed by atoms with Gasteiger partial charge in [-0.1, -0.05) is 54.6 Å². The molecule has 1 unspecified atom stereocenters. The summed E-state index contributed by atoms with van der Waals surface area (Å²) in [4.78, 5) is 30.1. The van der Waals surface area contributed by atoms with E-state index in [2.05, 4.69) is 36.4 Å². The van der Waals surface area contributed by atoms with E-state index in [9.17, 15) is 9.59 Å². The molecule has 152 valence electrons. The number of carbonyl (C=O) groups is 2. The molecule has 2 aliphatic rings. The van der Waals surface area contributed by atoms with Crippen LogP contribution in [0.15, 0.2) is 54.6 Å². The zero-order chi connectivity index (χ0) is 20.1. The Kier molecular flexibility index (Phi) is 6.28. The summed E-state index contributed by atoms with van der Waals surface area (Å²) in [6.45, 7) is 2.21. The molecule has 1 saturated heterocycles. The van der Waals surface area contributed by atoms with E-state index < -0.39 is 0 Å². The van der Waals surface area contributed by atoms with Crippen LogP contribution < -0.4 is 0 Å². The van der Waals surface area contributed by atoms with Crippen LogP contribution in [0.5, 0.6) is 0 Å². The first-order valence-corrected chi connectivity index (χ1v) is 10.9. The predicted molar refractivity (Wildman–Crippen MR) is 114 cm³/mol. The van der Waals surface area contributed by atoms with Crippen LogP contribution in [0.25, 0.3) is 0 Å². The lowest BCUT2D eigenvalue weighted by Crippen LogP contribution is -2.53. The lowest BCUT2D eigenvalue weighted by Gasteiger charge is -2.38. The van der Waals surface area contributed by atoms with E-state index in [1.54, 1.807) is 0 Å². The fourth-order valence-corrected chi connectivity index (χ4v) is 4.55. The fourth-order valence-electron chi connectivity index (χ4n) is 4.55. The highest BCUT2D eigenvalue weighted by atomic mass is 16.2. The first-order valence-electron chi connectivity index (χ1n) is 10.9. The summed E-state index contributed by atoms with van der Waals surface area (Å²) in [7, 11) is 0. The number of fused-ring (bicyclic) bond motifs is 1. The minimum Gasteiger partial charge on any atom is -0.341 e. The van der Waals surface area contributed by atoms with Gasteiger partial charge in [0.1, 0.15) is 6.04 Å². The molecular formula is C25H30N2O2. The van der Waals surface area contributed by atoms with Crippen LogP contribution in [0.1, 0.15) is 48.8 Å². The zero-order valence-electron chi connectivity index (χ0n) is 17.1. The van der Waals surface area contributed by atoms with Gasteiger partial charge >= 0.3 is 0 Å². The normalized spacial score (nSPS) is 18.6. The Morgan fingerprint density at radius 1 is 0.862 bits per heavy atom. The molecule has 0 aliphatic carbocycles. The van der Waals surface area contributed by atoms with Crippen molar-refractivity contribution in [2.24, 2.45) is 0 Å².